The molecule has 1 rings (SSSR count). The van der Waals surface area contributed by atoms with E-state index in [0.29, 0.717) is 19.3 Å². The Kier molecular flexibility index (Phi) is 32.2. The van der Waals surface area contributed by atoms with E-state index in [1.165, 1.54) is 38.5 Å². The third-order valence-electron chi connectivity index (χ3n) is 9.58. The van der Waals surface area contributed by atoms with E-state index in [2.05, 4.69) is 68.5 Å². The fourth-order valence-electron chi connectivity index (χ4n) is 6.08. The second kappa shape index (κ2) is 34.9. The molecule has 0 aromatic rings. The van der Waals surface area contributed by atoms with Gasteiger partial charge in [0.1, 0.15) is 43.2 Å². The third-order valence-corrected chi connectivity index (χ3v) is 10.6. The van der Waals surface area contributed by atoms with Gasteiger partial charge in [0, 0.05) is 12.8 Å². The van der Waals surface area contributed by atoms with Crippen molar-refractivity contribution >= 4 is 19.8 Å². The summed E-state index contributed by atoms with van der Waals surface area (Å²) in [6.45, 7) is 3.08. The maximum Gasteiger partial charge on any atom is 0.472 e. The summed E-state index contributed by atoms with van der Waals surface area (Å²) in [5, 5.41) is 50.0. The van der Waals surface area contributed by atoms with Crippen LogP contribution in [0.25, 0.3) is 0 Å². The predicted octanol–water partition coefficient (Wildman–Crippen LogP) is 7.94. The van der Waals surface area contributed by atoms with Gasteiger partial charge < -0.3 is 39.9 Å². The zero-order chi connectivity index (χ0) is 43.6. The Morgan fingerprint density at radius 1 is 0.542 bits per heavy atom. The van der Waals surface area contributed by atoms with Crippen molar-refractivity contribution in [3.05, 3.63) is 72.9 Å². The van der Waals surface area contributed by atoms with Crippen LogP contribution in [-0.2, 0) is 32.7 Å². The molecule has 59 heavy (non-hydrogen) atoms. The monoisotopic (exact) mass is 854 g/mol. The lowest BCUT2D eigenvalue weighted by molar-refractivity contribution is -0.220. The molecule has 0 saturated heterocycles. The number of carbonyl (C=O) groups excluding carboxylic acids is 2. The minimum absolute atomic E-state index is 0.0397. The first kappa shape index (κ1) is 54.3. The van der Waals surface area contributed by atoms with Crippen molar-refractivity contribution in [3.8, 4) is 0 Å². The molecule has 6 N–H and O–H groups in total. The Balaban J connectivity index is 2.53. The van der Waals surface area contributed by atoms with Crippen molar-refractivity contribution in [2.45, 2.75) is 185 Å². The highest BCUT2D eigenvalue weighted by molar-refractivity contribution is 7.47. The van der Waals surface area contributed by atoms with Crippen LogP contribution in [0.5, 0.6) is 0 Å². The normalized spacial score (nSPS) is 23.1. The first-order valence-corrected chi connectivity index (χ1v) is 23.2. The van der Waals surface area contributed by atoms with Crippen molar-refractivity contribution in [1.82, 2.24) is 0 Å². The van der Waals surface area contributed by atoms with Crippen molar-refractivity contribution in [2.24, 2.45) is 0 Å². The van der Waals surface area contributed by atoms with Gasteiger partial charge in [-0.15, -0.1) is 0 Å². The summed E-state index contributed by atoms with van der Waals surface area (Å²) in [5.74, 6) is -1.20. The highest BCUT2D eigenvalue weighted by atomic mass is 31.2. The number of rotatable bonds is 34. The van der Waals surface area contributed by atoms with Gasteiger partial charge in [0.05, 0.1) is 6.61 Å². The Hall–Kier alpha value is -2.71. The number of phosphoric acid groups is 1. The molecule has 13 nitrogen and oxygen atoms in total. The molecular weight excluding hydrogens is 779 g/mol. The Labute approximate surface area is 353 Å². The molecule has 8 atom stereocenters. The summed E-state index contributed by atoms with van der Waals surface area (Å²) in [4.78, 5) is 35.5. The molecule has 0 aliphatic heterocycles. The lowest BCUT2D eigenvalue weighted by Crippen LogP contribution is -2.64. The minimum Gasteiger partial charge on any atom is -0.462 e. The highest BCUT2D eigenvalue weighted by Gasteiger charge is 2.51. The third kappa shape index (κ3) is 27.7. The fraction of sp³-hybridized carbons (Fsp3) is 0.689. The van der Waals surface area contributed by atoms with E-state index in [1.54, 1.807) is 0 Å². The summed E-state index contributed by atoms with van der Waals surface area (Å²) in [7, 11) is -5.13. The van der Waals surface area contributed by atoms with Gasteiger partial charge in [-0.3, -0.25) is 18.6 Å². The SMILES string of the molecule is CC/C=C/C/C=C/C/C=C/C/C=C/C/C=C/C/C=C/CCC(=O)OC[C@H](COP(=O)(O)OC1C(O)C(O)C(O)[C@@H](O)C1O)OC(=O)CCCCCCCCCCCCC. The van der Waals surface area contributed by atoms with Gasteiger partial charge in [-0.1, -0.05) is 151 Å². The van der Waals surface area contributed by atoms with Crippen molar-refractivity contribution < 1.29 is 63.1 Å². The Morgan fingerprint density at radius 2 is 0.966 bits per heavy atom. The molecule has 0 heterocycles. The van der Waals surface area contributed by atoms with Gasteiger partial charge in [-0.25, -0.2) is 4.57 Å². The van der Waals surface area contributed by atoms with E-state index in [4.69, 9.17) is 18.5 Å². The summed E-state index contributed by atoms with van der Waals surface area (Å²) in [5.41, 5.74) is 0. The lowest BCUT2D eigenvalue weighted by Gasteiger charge is -2.41. The van der Waals surface area contributed by atoms with Crippen LogP contribution in [0.2, 0.25) is 0 Å². The van der Waals surface area contributed by atoms with E-state index in [0.717, 1.165) is 57.8 Å². The smallest absolute Gasteiger partial charge is 0.462 e. The van der Waals surface area contributed by atoms with Crippen LogP contribution >= 0.6 is 7.82 Å². The fourth-order valence-corrected chi connectivity index (χ4v) is 7.05. The number of aliphatic hydroxyl groups excluding tert-OH is 5. The standard InChI is InChI=1S/C45H75O13P/c1-3-5-7-9-11-13-15-16-17-18-19-20-21-22-24-25-27-29-31-33-38(46)55-35-37(57-39(47)34-32-30-28-26-23-14-12-10-8-6-4-2)36-56-59(53,54)58-45-43(51)41(49)40(48)42(50)44(45)52/h5,7,11,13,16-17,19-20,22,24,27,29,37,40-45,48-52H,3-4,6,8-10,12,14-15,18,21,23,25-26,28,30-36H2,1-2H3,(H,53,54)/b7-5+,13-11+,17-16+,20-19+,24-22+,29-27+/t37-,40?,41-,42?,43?,44?,45?/m1/s1. The lowest BCUT2D eigenvalue weighted by atomic mass is 9.85. The van der Waals surface area contributed by atoms with Gasteiger partial charge in [-0.05, 0) is 51.4 Å². The molecule has 1 saturated carbocycles. The van der Waals surface area contributed by atoms with Crippen LogP contribution in [0, 0.1) is 0 Å². The molecule has 338 valence electrons. The number of ether oxygens (including phenoxy) is 2. The quantitative estimate of drug-likeness (QED) is 0.0157. The molecule has 0 spiro atoms. The molecule has 0 bridgehead atoms. The topological polar surface area (TPSA) is 210 Å². The van der Waals surface area contributed by atoms with Crippen LogP contribution < -0.4 is 0 Å². The van der Waals surface area contributed by atoms with Crippen LogP contribution in [0.4, 0.5) is 0 Å². The number of aliphatic hydroxyl groups is 5. The zero-order valence-corrected chi connectivity index (χ0v) is 36.4. The number of phosphoric ester groups is 1. The summed E-state index contributed by atoms with van der Waals surface area (Å²) < 4.78 is 33.3. The van der Waals surface area contributed by atoms with E-state index >= 15 is 0 Å². The van der Waals surface area contributed by atoms with E-state index < -0.39 is 75.7 Å². The van der Waals surface area contributed by atoms with E-state index in [9.17, 15) is 44.6 Å². The minimum atomic E-state index is -5.13. The van der Waals surface area contributed by atoms with Gasteiger partial charge in [0.2, 0.25) is 0 Å². The van der Waals surface area contributed by atoms with Gasteiger partial charge in [0.15, 0.2) is 6.10 Å². The molecule has 1 aliphatic carbocycles. The summed E-state index contributed by atoms with van der Waals surface area (Å²) in [6.07, 6.45) is 29.8. The number of hydrogen-bond acceptors (Lipinski definition) is 12. The molecule has 0 aromatic heterocycles. The molecule has 14 heteroatoms. The second-order valence-corrected chi connectivity index (χ2v) is 16.2. The largest absolute Gasteiger partial charge is 0.472 e. The molecular formula is C45H75O13P. The molecule has 0 radical (unpaired) electrons. The molecule has 1 fully saturated rings. The second-order valence-electron chi connectivity index (χ2n) is 14.8. The van der Waals surface area contributed by atoms with Crippen LogP contribution in [0.15, 0.2) is 72.9 Å². The molecule has 6 unspecified atom stereocenters. The average molecular weight is 855 g/mol. The van der Waals surface area contributed by atoms with Gasteiger partial charge in [-0.2, -0.15) is 0 Å². The van der Waals surface area contributed by atoms with E-state index in [1.807, 2.05) is 18.2 Å². The van der Waals surface area contributed by atoms with Crippen molar-refractivity contribution in [2.75, 3.05) is 13.2 Å². The summed E-state index contributed by atoms with van der Waals surface area (Å²) in [6, 6.07) is 0. The Bertz CT molecular complexity index is 1310. The predicted molar refractivity (Wildman–Crippen MR) is 230 cm³/mol. The van der Waals surface area contributed by atoms with Crippen LogP contribution in [0.1, 0.15) is 142 Å². The number of allylic oxidation sites excluding steroid dienone is 12. The van der Waals surface area contributed by atoms with E-state index in [-0.39, 0.29) is 12.8 Å². The highest BCUT2D eigenvalue weighted by Crippen LogP contribution is 2.47. The van der Waals surface area contributed by atoms with Gasteiger partial charge in [0.25, 0.3) is 0 Å². The zero-order valence-electron chi connectivity index (χ0n) is 35.5. The molecule has 0 amide bonds. The Morgan fingerprint density at radius 3 is 1.44 bits per heavy atom. The number of hydrogen-bond donors (Lipinski definition) is 6. The molecule has 1 aliphatic rings. The van der Waals surface area contributed by atoms with Crippen molar-refractivity contribution in [3.63, 3.8) is 0 Å². The number of carbonyl (C=O) groups is 2. The maximum absolute atomic E-state index is 12.8. The number of unbranched alkanes of at least 4 members (excludes halogenated alkanes) is 10. The first-order chi connectivity index (χ1) is 28.4. The average Bonchev–Trinajstić information content (AvgIpc) is 3.21. The first-order valence-electron chi connectivity index (χ1n) is 21.7. The summed E-state index contributed by atoms with van der Waals surface area (Å²) >= 11 is 0. The van der Waals surface area contributed by atoms with Crippen LogP contribution in [-0.4, -0.2) is 98.3 Å². The van der Waals surface area contributed by atoms with Crippen molar-refractivity contribution in [1.29, 1.82) is 0 Å². The number of esters is 2. The van der Waals surface area contributed by atoms with Gasteiger partial charge >= 0.3 is 19.8 Å². The van der Waals surface area contributed by atoms with Crippen LogP contribution in [0.3, 0.4) is 0 Å². The molecule has 0 aromatic carbocycles. The maximum atomic E-state index is 12.8.